The molecule has 2 heterocycles. The van der Waals surface area contributed by atoms with E-state index < -0.39 is 17.7 Å². The lowest BCUT2D eigenvalue weighted by atomic mass is 9.92. The first-order valence-corrected chi connectivity index (χ1v) is 11.0. The van der Waals surface area contributed by atoms with E-state index in [4.69, 9.17) is 4.74 Å². The van der Waals surface area contributed by atoms with Gasteiger partial charge in [0.1, 0.15) is 23.7 Å². The van der Waals surface area contributed by atoms with Gasteiger partial charge in [-0.2, -0.15) is 0 Å². The summed E-state index contributed by atoms with van der Waals surface area (Å²) in [6.07, 6.45) is 2.16. The van der Waals surface area contributed by atoms with Crippen molar-refractivity contribution >= 4 is 17.9 Å². The van der Waals surface area contributed by atoms with Crippen LogP contribution in [0.2, 0.25) is 0 Å². The van der Waals surface area contributed by atoms with Gasteiger partial charge in [0.2, 0.25) is 5.91 Å². The molecule has 3 rings (SSSR count). The zero-order chi connectivity index (χ0) is 24.0. The molecule has 1 aliphatic rings. The Morgan fingerprint density at radius 2 is 1.76 bits per heavy atom. The first-order chi connectivity index (χ1) is 15.7. The molecule has 9 heteroatoms. The Hall–Kier alpha value is -3.49. The highest BCUT2D eigenvalue weighted by Gasteiger charge is 2.32. The molecule has 1 saturated heterocycles. The third-order valence-corrected chi connectivity index (χ3v) is 5.41. The molecule has 1 fully saturated rings. The van der Waals surface area contributed by atoms with Crippen LogP contribution in [-0.4, -0.2) is 58.5 Å². The second kappa shape index (κ2) is 10.4. The summed E-state index contributed by atoms with van der Waals surface area (Å²) >= 11 is 0. The molecule has 0 unspecified atom stereocenters. The number of hydrogen-bond donors (Lipinski definition) is 2. The minimum absolute atomic E-state index is 0.120. The lowest BCUT2D eigenvalue weighted by molar-refractivity contribution is -0.134. The van der Waals surface area contributed by atoms with Crippen LogP contribution in [0.1, 0.15) is 67.3 Å². The number of hydrogen-bond acceptors (Lipinski definition) is 6. The molecule has 9 nitrogen and oxygen atoms in total. The van der Waals surface area contributed by atoms with Gasteiger partial charge in [-0.25, -0.2) is 14.8 Å². The highest BCUT2D eigenvalue weighted by molar-refractivity contribution is 5.92. The summed E-state index contributed by atoms with van der Waals surface area (Å²) in [5, 5.41) is 5.30. The molecular weight excluding hydrogens is 422 g/mol. The zero-order valence-corrected chi connectivity index (χ0v) is 19.5. The van der Waals surface area contributed by atoms with Crippen molar-refractivity contribution in [2.45, 2.75) is 51.2 Å². The Balaban J connectivity index is 1.70. The molecule has 1 aliphatic heterocycles. The second-order valence-electron chi connectivity index (χ2n) is 9.00. The number of carbonyl (C=O) groups is 3. The van der Waals surface area contributed by atoms with Crippen molar-refractivity contribution in [3.8, 4) is 0 Å². The smallest absolute Gasteiger partial charge is 0.408 e. The predicted molar refractivity (Wildman–Crippen MR) is 123 cm³/mol. The fourth-order valence-corrected chi connectivity index (χ4v) is 3.78. The Morgan fingerprint density at radius 3 is 2.36 bits per heavy atom. The summed E-state index contributed by atoms with van der Waals surface area (Å²) in [6, 6.07) is 10.0. The standard InChI is InChI=1S/C24H31N5O4/c1-24(2,3)33-23(32)28-20(17-8-6-5-7-9-17)22(31)29-12-10-16(11-13-29)18-14-19(21(30)25-4)27-15-26-18/h5-9,14-16,20H,10-13H2,1-4H3,(H,25,30)(H,28,32)/t20-/m0/s1. The van der Waals surface area contributed by atoms with Crippen LogP contribution < -0.4 is 10.6 Å². The van der Waals surface area contributed by atoms with E-state index in [0.29, 0.717) is 37.2 Å². The quantitative estimate of drug-likeness (QED) is 0.720. The monoisotopic (exact) mass is 453 g/mol. The lowest BCUT2D eigenvalue weighted by Crippen LogP contribution is -2.46. The summed E-state index contributed by atoms with van der Waals surface area (Å²) in [5.41, 5.74) is 1.15. The number of nitrogens with zero attached hydrogens (tertiary/aromatic N) is 3. The van der Waals surface area contributed by atoms with Crippen LogP contribution in [0.5, 0.6) is 0 Å². The maximum atomic E-state index is 13.4. The Morgan fingerprint density at radius 1 is 1.09 bits per heavy atom. The van der Waals surface area contributed by atoms with Crippen molar-refractivity contribution in [3.05, 3.63) is 59.7 Å². The van der Waals surface area contributed by atoms with Gasteiger partial charge in [-0.05, 0) is 45.2 Å². The molecule has 1 atom stereocenters. The normalized spacial score (nSPS) is 15.5. The van der Waals surface area contributed by atoms with Crippen molar-refractivity contribution in [2.24, 2.45) is 0 Å². The van der Waals surface area contributed by atoms with Crippen molar-refractivity contribution in [2.75, 3.05) is 20.1 Å². The van der Waals surface area contributed by atoms with Gasteiger partial charge in [-0.3, -0.25) is 9.59 Å². The lowest BCUT2D eigenvalue weighted by Gasteiger charge is -2.34. The van der Waals surface area contributed by atoms with Crippen LogP contribution in [-0.2, 0) is 9.53 Å². The number of amides is 3. The molecule has 2 aromatic rings. The van der Waals surface area contributed by atoms with E-state index in [1.807, 2.05) is 30.3 Å². The summed E-state index contributed by atoms with van der Waals surface area (Å²) in [7, 11) is 1.56. The average molecular weight is 454 g/mol. The summed E-state index contributed by atoms with van der Waals surface area (Å²) < 4.78 is 5.37. The SMILES string of the molecule is CNC(=O)c1cc(C2CCN(C(=O)[C@@H](NC(=O)OC(C)(C)C)c3ccccc3)CC2)ncn1. The van der Waals surface area contributed by atoms with Crippen molar-refractivity contribution in [1.82, 2.24) is 25.5 Å². The maximum Gasteiger partial charge on any atom is 0.408 e. The molecule has 0 saturated carbocycles. The zero-order valence-electron chi connectivity index (χ0n) is 19.5. The summed E-state index contributed by atoms with van der Waals surface area (Å²) in [6.45, 7) is 6.36. The molecule has 0 bridgehead atoms. The first kappa shape index (κ1) is 24.2. The molecule has 0 aliphatic carbocycles. The maximum absolute atomic E-state index is 13.4. The highest BCUT2D eigenvalue weighted by atomic mass is 16.6. The number of likely N-dealkylation sites (tertiary alicyclic amines) is 1. The van der Waals surface area contributed by atoms with Crippen molar-refractivity contribution < 1.29 is 19.1 Å². The molecular formula is C24H31N5O4. The fraction of sp³-hybridized carbons (Fsp3) is 0.458. The van der Waals surface area contributed by atoms with Gasteiger partial charge in [-0.1, -0.05) is 30.3 Å². The Labute approximate surface area is 193 Å². The minimum atomic E-state index is -0.837. The highest BCUT2D eigenvalue weighted by Crippen LogP contribution is 2.28. The van der Waals surface area contributed by atoms with Crippen LogP contribution in [0.3, 0.4) is 0 Å². The molecule has 176 valence electrons. The fourth-order valence-electron chi connectivity index (χ4n) is 3.78. The van der Waals surface area contributed by atoms with Gasteiger partial charge >= 0.3 is 6.09 Å². The largest absolute Gasteiger partial charge is 0.444 e. The number of piperidine rings is 1. The predicted octanol–water partition coefficient (Wildman–Crippen LogP) is 2.81. The number of aromatic nitrogens is 2. The summed E-state index contributed by atoms with van der Waals surface area (Å²) in [4.78, 5) is 47.8. The molecule has 2 N–H and O–H groups in total. The number of carbonyl (C=O) groups excluding carboxylic acids is 3. The number of rotatable bonds is 5. The molecule has 3 amide bonds. The first-order valence-electron chi connectivity index (χ1n) is 11.0. The van der Waals surface area contributed by atoms with Crippen molar-refractivity contribution in [3.63, 3.8) is 0 Å². The third kappa shape index (κ3) is 6.50. The van der Waals surface area contributed by atoms with E-state index in [1.54, 1.807) is 38.8 Å². The summed E-state index contributed by atoms with van der Waals surface area (Å²) in [5.74, 6) is -0.320. The van der Waals surface area contributed by atoms with E-state index in [1.165, 1.54) is 6.33 Å². The molecule has 1 aromatic carbocycles. The van der Waals surface area contributed by atoms with E-state index in [2.05, 4.69) is 20.6 Å². The minimum Gasteiger partial charge on any atom is -0.444 e. The Bertz CT molecular complexity index is 982. The van der Waals surface area contributed by atoms with Gasteiger partial charge in [-0.15, -0.1) is 0 Å². The number of ether oxygens (including phenoxy) is 1. The van der Waals surface area contributed by atoms with E-state index in [-0.39, 0.29) is 17.7 Å². The topological polar surface area (TPSA) is 114 Å². The van der Waals surface area contributed by atoms with E-state index in [9.17, 15) is 14.4 Å². The van der Waals surface area contributed by atoms with E-state index >= 15 is 0 Å². The van der Waals surface area contributed by atoms with Crippen LogP contribution in [0.15, 0.2) is 42.7 Å². The number of benzene rings is 1. The number of alkyl carbamates (subject to hydrolysis) is 1. The van der Waals surface area contributed by atoms with Gasteiger partial charge in [0.25, 0.3) is 5.91 Å². The van der Waals surface area contributed by atoms with Gasteiger partial charge in [0.15, 0.2) is 0 Å². The van der Waals surface area contributed by atoms with Crippen LogP contribution in [0.4, 0.5) is 4.79 Å². The molecule has 33 heavy (non-hydrogen) atoms. The van der Waals surface area contributed by atoms with Crippen LogP contribution in [0, 0.1) is 0 Å². The molecule has 0 radical (unpaired) electrons. The average Bonchev–Trinajstić information content (AvgIpc) is 2.81. The van der Waals surface area contributed by atoms with Gasteiger partial charge < -0.3 is 20.3 Å². The van der Waals surface area contributed by atoms with Gasteiger partial charge in [0.05, 0.1) is 0 Å². The van der Waals surface area contributed by atoms with Crippen molar-refractivity contribution in [1.29, 1.82) is 0 Å². The van der Waals surface area contributed by atoms with Gasteiger partial charge in [0, 0.05) is 31.7 Å². The van der Waals surface area contributed by atoms with Crippen LogP contribution >= 0.6 is 0 Å². The molecule has 0 spiro atoms. The molecule has 1 aromatic heterocycles. The van der Waals surface area contributed by atoms with E-state index in [0.717, 1.165) is 5.69 Å². The second-order valence-corrected chi connectivity index (χ2v) is 9.00. The Kier molecular flexibility index (Phi) is 7.63. The van der Waals surface area contributed by atoms with Crippen LogP contribution in [0.25, 0.3) is 0 Å². The number of nitrogens with one attached hydrogen (secondary N) is 2. The third-order valence-electron chi connectivity index (χ3n) is 5.41.